The van der Waals surface area contributed by atoms with E-state index in [1.807, 2.05) is 0 Å². The predicted molar refractivity (Wildman–Crippen MR) is 56.6 cm³/mol. The Hall–Kier alpha value is -1.36. The highest BCUT2D eigenvalue weighted by Crippen LogP contribution is 2.32. The van der Waals surface area contributed by atoms with Crippen LogP contribution in [-0.4, -0.2) is 20.1 Å². The van der Waals surface area contributed by atoms with Gasteiger partial charge in [-0.1, -0.05) is 12.1 Å². The SMILES string of the molecule is Cc1ccc(C)c2c1NC(=O)CS2(=O)=O. The van der Waals surface area contributed by atoms with E-state index in [0.717, 1.165) is 5.56 Å². The molecule has 80 valence electrons. The molecular formula is C10H11NO3S. The van der Waals surface area contributed by atoms with Gasteiger partial charge in [-0.05, 0) is 25.0 Å². The molecule has 0 fully saturated rings. The summed E-state index contributed by atoms with van der Waals surface area (Å²) in [7, 11) is -3.46. The van der Waals surface area contributed by atoms with E-state index in [1.165, 1.54) is 0 Å². The lowest BCUT2D eigenvalue weighted by Gasteiger charge is -2.20. The van der Waals surface area contributed by atoms with Crippen LogP contribution < -0.4 is 5.32 Å². The molecular weight excluding hydrogens is 214 g/mol. The molecule has 4 nitrogen and oxygen atoms in total. The van der Waals surface area contributed by atoms with Crippen LogP contribution >= 0.6 is 0 Å². The van der Waals surface area contributed by atoms with E-state index in [4.69, 9.17) is 0 Å². The molecule has 0 saturated heterocycles. The van der Waals surface area contributed by atoms with Gasteiger partial charge in [-0.25, -0.2) is 8.42 Å². The van der Waals surface area contributed by atoms with Gasteiger partial charge in [0.05, 0.1) is 10.6 Å². The molecule has 0 atom stereocenters. The summed E-state index contributed by atoms with van der Waals surface area (Å²) in [5.41, 5.74) is 1.88. The van der Waals surface area contributed by atoms with Gasteiger partial charge in [0.2, 0.25) is 5.91 Å². The van der Waals surface area contributed by atoms with E-state index in [2.05, 4.69) is 5.32 Å². The lowest BCUT2D eigenvalue weighted by molar-refractivity contribution is -0.114. The van der Waals surface area contributed by atoms with Gasteiger partial charge in [-0.3, -0.25) is 4.79 Å². The zero-order chi connectivity index (χ0) is 11.2. The summed E-state index contributed by atoms with van der Waals surface area (Å²) in [6.45, 7) is 3.51. The summed E-state index contributed by atoms with van der Waals surface area (Å²) < 4.78 is 23.6. The molecule has 1 N–H and O–H groups in total. The summed E-state index contributed by atoms with van der Waals surface area (Å²) in [5.74, 6) is -0.916. The van der Waals surface area contributed by atoms with Gasteiger partial charge >= 0.3 is 0 Å². The second kappa shape index (κ2) is 3.06. The summed E-state index contributed by atoms with van der Waals surface area (Å²) >= 11 is 0. The van der Waals surface area contributed by atoms with Crippen molar-refractivity contribution in [3.63, 3.8) is 0 Å². The maximum Gasteiger partial charge on any atom is 0.240 e. The summed E-state index contributed by atoms with van der Waals surface area (Å²) in [5, 5.41) is 2.61. The third-order valence-corrected chi connectivity index (χ3v) is 4.25. The molecule has 1 aromatic carbocycles. The Kier molecular flexibility index (Phi) is 2.08. The summed E-state index contributed by atoms with van der Waals surface area (Å²) in [6.07, 6.45) is 0. The first-order chi connectivity index (χ1) is 6.92. The fraction of sp³-hybridized carbons (Fsp3) is 0.300. The van der Waals surface area contributed by atoms with Gasteiger partial charge in [0.25, 0.3) is 0 Å². The second-order valence-corrected chi connectivity index (χ2v) is 5.64. The molecule has 5 heteroatoms. The molecule has 0 spiro atoms. The third-order valence-electron chi connectivity index (χ3n) is 2.46. The molecule has 2 rings (SSSR count). The maximum absolute atomic E-state index is 11.8. The molecule has 0 saturated carbocycles. The minimum Gasteiger partial charge on any atom is -0.324 e. The summed E-state index contributed by atoms with van der Waals surface area (Å²) in [4.78, 5) is 11.5. The van der Waals surface area contributed by atoms with E-state index in [1.54, 1.807) is 26.0 Å². The fourth-order valence-electron chi connectivity index (χ4n) is 1.76. The average Bonchev–Trinajstić information content (AvgIpc) is 2.09. The van der Waals surface area contributed by atoms with Gasteiger partial charge in [0.1, 0.15) is 5.75 Å². The first kappa shape index (κ1) is 10.2. The number of amides is 1. The molecule has 15 heavy (non-hydrogen) atoms. The molecule has 0 radical (unpaired) electrons. The van der Waals surface area contributed by atoms with Crippen molar-refractivity contribution in [1.82, 2.24) is 0 Å². The number of anilines is 1. The Morgan fingerprint density at radius 1 is 1.20 bits per heavy atom. The molecule has 1 aromatic rings. The van der Waals surface area contributed by atoms with Gasteiger partial charge in [-0.15, -0.1) is 0 Å². The molecule has 1 amide bonds. The molecule has 1 heterocycles. The quantitative estimate of drug-likeness (QED) is 0.717. The highest BCUT2D eigenvalue weighted by atomic mass is 32.2. The van der Waals surface area contributed by atoms with Crippen LogP contribution in [0.1, 0.15) is 11.1 Å². The van der Waals surface area contributed by atoms with Gasteiger partial charge in [0.15, 0.2) is 9.84 Å². The monoisotopic (exact) mass is 225 g/mol. The van der Waals surface area contributed by atoms with Crippen LogP contribution in [0.4, 0.5) is 5.69 Å². The van der Waals surface area contributed by atoms with E-state index >= 15 is 0 Å². The number of rotatable bonds is 0. The van der Waals surface area contributed by atoms with Gasteiger partial charge in [0, 0.05) is 0 Å². The van der Waals surface area contributed by atoms with Crippen LogP contribution in [0.2, 0.25) is 0 Å². The minimum absolute atomic E-state index is 0.266. The number of benzene rings is 1. The predicted octanol–water partition coefficient (Wildman–Crippen LogP) is 1.03. The number of aryl methyl sites for hydroxylation is 2. The van der Waals surface area contributed by atoms with E-state index < -0.39 is 21.5 Å². The van der Waals surface area contributed by atoms with Crippen LogP contribution in [0.15, 0.2) is 17.0 Å². The zero-order valence-electron chi connectivity index (χ0n) is 8.49. The number of fused-ring (bicyclic) bond motifs is 1. The standard InChI is InChI=1S/C10H11NO3S/c1-6-3-4-7(2)10-9(6)11-8(12)5-15(10,13)14/h3-4H,5H2,1-2H3,(H,11,12). The second-order valence-electron chi connectivity index (χ2n) is 3.71. The van der Waals surface area contributed by atoms with Crippen LogP contribution in [-0.2, 0) is 14.6 Å². The Morgan fingerprint density at radius 3 is 2.47 bits per heavy atom. The molecule has 1 aliphatic rings. The van der Waals surface area contributed by atoms with E-state index in [9.17, 15) is 13.2 Å². The topological polar surface area (TPSA) is 63.2 Å². The number of carbonyl (C=O) groups is 1. The van der Waals surface area contributed by atoms with Crippen LogP contribution in [0.25, 0.3) is 0 Å². The van der Waals surface area contributed by atoms with Gasteiger partial charge < -0.3 is 5.32 Å². The van der Waals surface area contributed by atoms with Crippen molar-refractivity contribution in [3.8, 4) is 0 Å². The van der Waals surface area contributed by atoms with Crippen molar-refractivity contribution in [2.75, 3.05) is 11.1 Å². The van der Waals surface area contributed by atoms with Crippen molar-refractivity contribution in [2.45, 2.75) is 18.7 Å². The number of nitrogens with one attached hydrogen (secondary N) is 1. The Balaban J connectivity index is 2.83. The third kappa shape index (κ3) is 1.52. The summed E-state index contributed by atoms with van der Waals surface area (Å²) in [6, 6.07) is 3.55. The first-order valence-electron chi connectivity index (χ1n) is 4.54. The molecule has 0 aliphatic carbocycles. The number of hydrogen-bond acceptors (Lipinski definition) is 3. The minimum atomic E-state index is -3.46. The van der Waals surface area contributed by atoms with E-state index in [-0.39, 0.29) is 4.90 Å². The molecule has 0 bridgehead atoms. The van der Waals surface area contributed by atoms with Crippen molar-refractivity contribution in [1.29, 1.82) is 0 Å². The molecule has 0 unspecified atom stereocenters. The zero-order valence-corrected chi connectivity index (χ0v) is 9.31. The number of sulfone groups is 1. The highest BCUT2D eigenvalue weighted by Gasteiger charge is 2.31. The van der Waals surface area contributed by atoms with Crippen molar-refractivity contribution >= 4 is 21.4 Å². The van der Waals surface area contributed by atoms with Crippen LogP contribution in [0, 0.1) is 13.8 Å². The lowest BCUT2D eigenvalue weighted by Crippen LogP contribution is -2.30. The van der Waals surface area contributed by atoms with Gasteiger partial charge in [-0.2, -0.15) is 0 Å². The fourth-order valence-corrected chi connectivity index (χ4v) is 3.40. The Labute approximate surface area is 88.2 Å². The molecule has 0 aromatic heterocycles. The Bertz CT molecular complexity index is 546. The smallest absolute Gasteiger partial charge is 0.240 e. The Morgan fingerprint density at radius 2 is 1.80 bits per heavy atom. The van der Waals surface area contributed by atoms with Crippen molar-refractivity contribution < 1.29 is 13.2 Å². The van der Waals surface area contributed by atoms with E-state index in [0.29, 0.717) is 11.3 Å². The van der Waals surface area contributed by atoms with Crippen LogP contribution in [0.5, 0.6) is 0 Å². The highest BCUT2D eigenvalue weighted by molar-refractivity contribution is 7.92. The van der Waals surface area contributed by atoms with Crippen molar-refractivity contribution in [2.24, 2.45) is 0 Å². The average molecular weight is 225 g/mol. The van der Waals surface area contributed by atoms with Crippen LogP contribution in [0.3, 0.4) is 0 Å². The number of carbonyl (C=O) groups excluding carboxylic acids is 1. The largest absolute Gasteiger partial charge is 0.324 e. The normalized spacial score (nSPS) is 18.1. The molecule has 1 aliphatic heterocycles. The maximum atomic E-state index is 11.8. The first-order valence-corrected chi connectivity index (χ1v) is 6.20. The lowest BCUT2D eigenvalue weighted by atomic mass is 10.1. The van der Waals surface area contributed by atoms with Crippen molar-refractivity contribution in [3.05, 3.63) is 23.3 Å². The number of hydrogen-bond donors (Lipinski definition) is 1.